The van der Waals surface area contributed by atoms with E-state index in [0.29, 0.717) is 0 Å². The lowest BCUT2D eigenvalue weighted by Gasteiger charge is -2.16. The zero-order valence-electron chi connectivity index (χ0n) is 19.0. The Morgan fingerprint density at radius 3 is 1.97 bits per heavy atom. The minimum atomic E-state index is 0.768. The first-order valence-electron chi connectivity index (χ1n) is 10.8. The highest BCUT2D eigenvalue weighted by Gasteiger charge is 2.14. The fraction of sp³-hybridized carbons (Fsp3) is 0.286. The van der Waals surface area contributed by atoms with Crippen LogP contribution in [-0.2, 0) is 12.8 Å². The van der Waals surface area contributed by atoms with Crippen LogP contribution in [0, 0.1) is 6.92 Å². The summed E-state index contributed by atoms with van der Waals surface area (Å²) in [6.45, 7) is 4.41. The van der Waals surface area contributed by atoms with Crippen LogP contribution in [0.1, 0.15) is 35.6 Å². The third-order valence-electron chi connectivity index (χ3n) is 6.10. The maximum Gasteiger partial charge on any atom is 0.161 e. The van der Waals surface area contributed by atoms with E-state index in [1.165, 1.54) is 43.8 Å². The molecule has 0 radical (unpaired) electrons. The van der Waals surface area contributed by atoms with Crippen molar-refractivity contribution < 1.29 is 14.2 Å². The van der Waals surface area contributed by atoms with Gasteiger partial charge in [-0.25, -0.2) is 0 Å². The van der Waals surface area contributed by atoms with E-state index in [9.17, 15) is 0 Å². The number of ether oxygens (including phenoxy) is 3. The summed E-state index contributed by atoms with van der Waals surface area (Å²) < 4.78 is 16.6. The average molecular weight is 415 g/mol. The Balaban J connectivity index is 1.86. The summed E-state index contributed by atoms with van der Waals surface area (Å²) in [6, 6.07) is 19.6. The van der Waals surface area contributed by atoms with Crippen LogP contribution in [0.15, 0.2) is 54.6 Å². The van der Waals surface area contributed by atoms with E-state index in [-0.39, 0.29) is 0 Å². The van der Waals surface area contributed by atoms with Crippen molar-refractivity contribution in [3.63, 3.8) is 0 Å². The zero-order valence-corrected chi connectivity index (χ0v) is 19.0. The summed E-state index contributed by atoms with van der Waals surface area (Å²) in [6.07, 6.45) is 3.01. The van der Waals surface area contributed by atoms with Crippen molar-refractivity contribution in [2.75, 3.05) is 21.3 Å². The summed E-state index contributed by atoms with van der Waals surface area (Å²) in [7, 11) is 5.10. The second kappa shape index (κ2) is 8.89. The van der Waals surface area contributed by atoms with Crippen LogP contribution >= 0.6 is 0 Å². The monoisotopic (exact) mass is 414 g/mol. The van der Waals surface area contributed by atoms with Gasteiger partial charge in [-0.2, -0.15) is 0 Å². The molecule has 0 bridgehead atoms. The Morgan fingerprint density at radius 2 is 1.32 bits per heavy atom. The highest BCUT2D eigenvalue weighted by Crippen LogP contribution is 2.37. The summed E-state index contributed by atoms with van der Waals surface area (Å²) >= 11 is 0. The van der Waals surface area contributed by atoms with Crippen molar-refractivity contribution in [3.8, 4) is 17.2 Å². The molecule has 31 heavy (non-hydrogen) atoms. The molecular weight excluding hydrogens is 384 g/mol. The normalized spacial score (nSPS) is 11.1. The summed E-state index contributed by atoms with van der Waals surface area (Å²) in [5.74, 6) is 2.43. The van der Waals surface area contributed by atoms with E-state index in [2.05, 4.69) is 62.4 Å². The van der Waals surface area contributed by atoms with Crippen LogP contribution < -0.4 is 14.2 Å². The molecule has 4 rings (SSSR count). The Morgan fingerprint density at radius 1 is 0.645 bits per heavy atom. The van der Waals surface area contributed by atoms with Gasteiger partial charge in [-0.3, -0.25) is 0 Å². The first kappa shape index (κ1) is 21.0. The number of hydrogen-bond acceptors (Lipinski definition) is 3. The quantitative estimate of drug-likeness (QED) is 0.330. The van der Waals surface area contributed by atoms with Crippen molar-refractivity contribution >= 4 is 21.5 Å². The number of rotatable bonds is 7. The fourth-order valence-corrected chi connectivity index (χ4v) is 4.39. The SMILES string of the molecule is CCCc1ccc(Cc2cc3cc(OC)ccc3cc2C)c2cc(OC)c(OC)cc12. The van der Waals surface area contributed by atoms with E-state index in [4.69, 9.17) is 14.2 Å². The minimum Gasteiger partial charge on any atom is -0.497 e. The molecular formula is C28H30O3. The zero-order chi connectivity index (χ0) is 22.0. The first-order valence-corrected chi connectivity index (χ1v) is 10.8. The second-order valence-electron chi connectivity index (χ2n) is 8.06. The highest BCUT2D eigenvalue weighted by atomic mass is 16.5. The predicted octanol–water partition coefficient (Wildman–Crippen LogP) is 6.87. The van der Waals surface area contributed by atoms with Gasteiger partial charge in [0, 0.05) is 0 Å². The molecule has 0 saturated carbocycles. The van der Waals surface area contributed by atoms with E-state index in [1.807, 2.05) is 6.07 Å². The minimum absolute atomic E-state index is 0.768. The molecule has 0 spiro atoms. The van der Waals surface area contributed by atoms with Gasteiger partial charge in [-0.1, -0.05) is 43.7 Å². The molecule has 0 aliphatic heterocycles. The molecule has 0 aromatic heterocycles. The van der Waals surface area contributed by atoms with Gasteiger partial charge >= 0.3 is 0 Å². The van der Waals surface area contributed by atoms with Gasteiger partial charge in [-0.05, 0) is 87.8 Å². The Labute approximate surface area is 184 Å². The van der Waals surface area contributed by atoms with Gasteiger partial charge in [0.15, 0.2) is 11.5 Å². The molecule has 0 fully saturated rings. The van der Waals surface area contributed by atoms with Crippen LogP contribution in [0.5, 0.6) is 17.2 Å². The lowest BCUT2D eigenvalue weighted by Crippen LogP contribution is -1.98. The molecule has 160 valence electrons. The van der Waals surface area contributed by atoms with E-state index < -0.39 is 0 Å². The molecule has 4 aromatic carbocycles. The molecule has 0 saturated heterocycles. The maximum absolute atomic E-state index is 5.62. The van der Waals surface area contributed by atoms with Crippen molar-refractivity contribution in [2.45, 2.75) is 33.1 Å². The van der Waals surface area contributed by atoms with Gasteiger partial charge in [-0.15, -0.1) is 0 Å². The molecule has 0 amide bonds. The van der Waals surface area contributed by atoms with Gasteiger partial charge in [0.1, 0.15) is 5.75 Å². The van der Waals surface area contributed by atoms with Crippen LogP contribution in [0.3, 0.4) is 0 Å². The first-order chi connectivity index (χ1) is 15.1. The number of fused-ring (bicyclic) bond motifs is 2. The van der Waals surface area contributed by atoms with Crippen molar-refractivity contribution in [2.24, 2.45) is 0 Å². The van der Waals surface area contributed by atoms with Crippen LogP contribution in [0.4, 0.5) is 0 Å². The molecule has 4 aromatic rings. The van der Waals surface area contributed by atoms with Crippen LogP contribution in [0.2, 0.25) is 0 Å². The largest absolute Gasteiger partial charge is 0.497 e. The standard InChI is InChI=1S/C28H30O3/c1-6-7-19-8-9-21(26-17-28(31-5)27(30-4)16-25(19)26)13-22-14-23-15-24(29-3)11-10-20(23)12-18(22)2/h8-12,14-17H,6-7,13H2,1-5H3. The molecule has 0 aliphatic rings. The topological polar surface area (TPSA) is 27.7 Å². The maximum atomic E-state index is 5.62. The Kier molecular flexibility index (Phi) is 6.03. The van der Waals surface area contributed by atoms with Gasteiger partial charge < -0.3 is 14.2 Å². The summed E-state index contributed by atoms with van der Waals surface area (Å²) in [5, 5.41) is 4.91. The highest BCUT2D eigenvalue weighted by molar-refractivity contribution is 5.92. The molecule has 0 unspecified atom stereocenters. The van der Waals surface area contributed by atoms with Gasteiger partial charge in [0.2, 0.25) is 0 Å². The molecule has 3 nitrogen and oxygen atoms in total. The molecule has 0 atom stereocenters. The van der Waals surface area contributed by atoms with Crippen molar-refractivity contribution in [1.29, 1.82) is 0 Å². The Hall–Kier alpha value is -3.20. The smallest absolute Gasteiger partial charge is 0.161 e. The predicted molar refractivity (Wildman–Crippen MR) is 129 cm³/mol. The molecule has 0 heterocycles. The number of benzene rings is 4. The lowest BCUT2D eigenvalue weighted by atomic mass is 9.91. The van der Waals surface area contributed by atoms with Crippen molar-refractivity contribution in [1.82, 2.24) is 0 Å². The summed E-state index contributed by atoms with van der Waals surface area (Å²) in [4.78, 5) is 0. The van der Waals surface area contributed by atoms with E-state index in [0.717, 1.165) is 36.5 Å². The third kappa shape index (κ3) is 4.05. The Bertz CT molecular complexity index is 1240. The van der Waals surface area contributed by atoms with Crippen LogP contribution in [0.25, 0.3) is 21.5 Å². The number of methoxy groups -OCH3 is 3. The van der Waals surface area contributed by atoms with Gasteiger partial charge in [0.05, 0.1) is 21.3 Å². The third-order valence-corrected chi connectivity index (χ3v) is 6.10. The van der Waals surface area contributed by atoms with Crippen LogP contribution in [-0.4, -0.2) is 21.3 Å². The van der Waals surface area contributed by atoms with E-state index >= 15 is 0 Å². The van der Waals surface area contributed by atoms with Crippen molar-refractivity contribution in [3.05, 3.63) is 76.9 Å². The summed E-state index contributed by atoms with van der Waals surface area (Å²) in [5.41, 5.74) is 5.26. The lowest BCUT2D eigenvalue weighted by molar-refractivity contribution is 0.356. The molecule has 0 aliphatic carbocycles. The van der Waals surface area contributed by atoms with Gasteiger partial charge in [0.25, 0.3) is 0 Å². The molecule has 3 heteroatoms. The number of aryl methyl sites for hydroxylation is 2. The average Bonchev–Trinajstić information content (AvgIpc) is 2.79. The second-order valence-corrected chi connectivity index (χ2v) is 8.06. The molecule has 0 N–H and O–H groups in total. The van der Waals surface area contributed by atoms with E-state index in [1.54, 1.807) is 21.3 Å². The number of hydrogen-bond donors (Lipinski definition) is 0. The fourth-order valence-electron chi connectivity index (χ4n) is 4.39.